The first-order valence-corrected chi connectivity index (χ1v) is 9.77. The summed E-state index contributed by atoms with van der Waals surface area (Å²) in [6.45, 7) is 11.2. The van der Waals surface area contributed by atoms with E-state index in [0.29, 0.717) is 18.3 Å². The molecular weight excluding hydrogens is 368 g/mol. The van der Waals surface area contributed by atoms with Gasteiger partial charge in [0.2, 0.25) is 0 Å². The zero-order chi connectivity index (χ0) is 20.9. The van der Waals surface area contributed by atoms with Crippen molar-refractivity contribution in [1.82, 2.24) is 25.1 Å². The lowest BCUT2D eigenvalue weighted by molar-refractivity contribution is 0.0890. The van der Waals surface area contributed by atoms with E-state index in [4.69, 9.17) is 9.57 Å². The van der Waals surface area contributed by atoms with Crippen LogP contribution in [0.1, 0.15) is 58.4 Å². The first-order valence-electron chi connectivity index (χ1n) is 9.77. The number of aliphatic imine (C=N–C) groups is 1. The molecule has 1 unspecified atom stereocenters. The van der Waals surface area contributed by atoms with Crippen molar-refractivity contribution in [3.63, 3.8) is 0 Å². The van der Waals surface area contributed by atoms with Crippen molar-refractivity contribution in [1.29, 1.82) is 0 Å². The van der Waals surface area contributed by atoms with E-state index < -0.39 is 0 Å². The lowest BCUT2D eigenvalue weighted by Crippen LogP contribution is -2.12. The molecule has 1 N–H and O–H groups in total. The Morgan fingerprint density at radius 1 is 1.21 bits per heavy atom. The third kappa shape index (κ3) is 5.29. The van der Waals surface area contributed by atoms with E-state index in [1.807, 2.05) is 32.0 Å². The summed E-state index contributed by atoms with van der Waals surface area (Å²) in [5.41, 5.74) is 4.84. The Morgan fingerprint density at radius 3 is 2.66 bits per heavy atom. The molecule has 0 saturated carbocycles. The number of nitrogens with one attached hydrogen (secondary N) is 1. The van der Waals surface area contributed by atoms with Gasteiger partial charge in [-0.2, -0.15) is 14.5 Å². The van der Waals surface area contributed by atoms with Crippen LogP contribution < -0.4 is 10.2 Å². The van der Waals surface area contributed by atoms with Gasteiger partial charge < -0.3 is 4.74 Å². The molecule has 1 atom stereocenters. The van der Waals surface area contributed by atoms with Gasteiger partial charge in [-0.3, -0.25) is 10.3 Å². The van der Waals surface area contributed by atoms with E-state index in [-0.39, 0.29) is 11.5 Å². The minimum atomic E-state index is -0.245. The summed E-state index contributed by atoms with van der Waals surface area (Å²) >= 11 is 0. The molecule has 8 nitrogen and oxygen atoms in total. The first-order chi connectivity index (χ1) is 13.9. The Labute approximate surface area is 171 Å². The van der Waals surface area contributed by atoms with Crippen molar-refractivity contribution in [2.24, 2.45) is 4.99 Å². The molecule has 0 radical (unpaired) electrons. The number of hydrogen-bond donors (Lipinski definition) is 1. The number of benzene rings is 1. The largest absolute Gasteiger partial charge is 0.484 e. The molecule has 0 bridgehead atoms. The van der Waals surface area contributed by atoms with Crippen LogP contribution in [-0.4, -0.2) is 32.5 Å². The fourth-order valence-electron chi connectivity index (χ4n) is 2.74. The van der Waals surface area contributed by atoms with Crippen LogP contribution in [0.4, 0.5) is 5.95 Å². The third-order valence-corrected chi connectivity index (χ3v) is 4.33. The number of nitrogens with zero attached hydrogens (tertiary/aromatic N) is 5. The van der Waals surface area contributed by atoms with Crippen LogP contribution in [0.5, 0.6) is 5.75 Å². The van der Waals surface area contributed by atoms with Crippen LogP contribution in [0.15, 0.2) is 41.5 Å². The highest BCUT2D eigenvalue weighted by atomic mass is 16.6. The summed E-state index contributed by atoms with van der Waals surface area (Å²) in [6, 6.07) is 10.1. The van der Waals surface area contributed by atoms with E-state index in [9.17, 15) is 0 Å². The van der Waals surface area contributed by atoms with Crippen molar-refractivity contribution < 1.29 is 9.57 Å². The van der Waals surface area contributed by atoms with Crippen LogP contribution in [0.3, 0.4) is 0 Å². The van der Waals surface area contributed by atoms with E-state index in [2.05, 4.69) is 58.4 Å². The highest BCUT2D eigenvalue weighted by Crippen LogP contribution is 2.27. The SMILES string of the molecule is CCCONC=Nc1nc2nccc(C(C)Oc3ccc(C(C)(C)C)cc3)n2n1. The molecule has 0 aliphatic carbocycles. The normalized spacial score (nSPS) is 13.1. The molecule has 3 rings (SSSR count). The summed E-state index contributed by atoms with van der Waals surface area (Å²) in [4.78, 5) is 17.9. The number of hydrogen-bond acceptors (Lipinski definition) is 6. The van der Waals surface area contributed by atoms with Gasteiger partial charge in [-0.25, -0.2) is 4.98 Å². The quantitative estimate of drug-likeness (QED) is 0.266. The maximum atomic E-state index is 6.12. The van der Waals surface area contributed by atoms with E-state index in [1.54, 1.807) is 10.7 Å². The van der Waals surface area contributed by atoms with Gasteiger partial charge in [0.15, 0.2) is 0 Å². The van der Waals surface area contributed by atoms with Gasteiger partial charge in [-0.05, 0) is 42.5 Å². The Kier molecular flexibility index (Phi) is 6.43. The van der Waals surface area contributed by atoms with Crippen LogP contribution in [0, 0.1) is 0 Å². The summed E-state index contributed by atoms with van der Waals surface area (Å²) in [7, 11) is 0. The molecular formula is C21H28N6O2. The smallest absolute Gasteiger partial charge is 0.272 e. The zero-order valence-corrected chi connectivity index (χ0v) is 17.6. The van der Waals surface area contributed by atoms with Gasteiger partial charge in [0, 0.05) is 6.20 Å². The fourth-order valence-corrected chi connectivity index (χ4v) is 2.74. The van der Waals surface area contributed by atoms with Crippen molar-refractivity contribution >= 4 is 18.1 Å². The molecule has 2 aromatic heterocycles. The first kappa shape index (κ1) is 20.7. The molecule has 1 aromatic carbocycles. The molecule has 0 amide bonds. The predicted molar refractivity (Wildman–Crippen MR) is 112 cm³/mol. The topological polar surface area (TPSA) is 85.9 Å². The minimum Gasteiger partial charge on any atom is -0.484 e. The van der Waals surface area contributed by atoms with Crippen LogP contribution in [0.2, 0.25) is 0 Å². The number of hydroxylamine groups is 1. The average molecular weight is 396 g/mol. The highest BCUT2D eigenvalue weighted by Gasteiger charge is 2.16. The van der Waals surface area contributed by atoms with E-state index >= 15 is 0 Å². The van der Waals surface area contributed by atoms with Crippen LogP contribution >= 0.6 is 0 Å². The molecule has 0 aliphatic heterocycles. The number of aromatic nitrogens is 4. The second-order valence-corrected chi connectivity index (χ2v) is 7.75. The van der Waals surface area contributed by atoms with Gasteiger partial charge in [-0.15, -0.1) is 5.10 Å². The maximum absolute atomic E-state index is 6.12. The van der Waals surface area contributed by atoms with E-state index in [0.717, 1.165) is 17.9 Å². The van der Waals surface area contributed by atoms with Crippen molar-refractivity contribution in [2.45, 2.75) is 52.6 Å². The standard InChI is InChI=1S/C21H28N6O2/c1-6-13-28-24-14-23-19-25-20-22-12-11-18(27(20)26-19)15(2)29-17-9-7-16(8-10-17)21(3,4)5/h7-12,14-15H,6,13H2,1-5H3,(H,23,24,26). The Bertz CT molecular complexity index is 959. The molecule has 154 valence electrons. The molecule has 0 fully saturated rings. The molecule has 0 saturated heterocycles. The molecule has 8 heteroatoms. The van der Waals surface area contributed by atoms with Crippen molar-refractivity contribution in [3.8, 4) is 5.75 Å². The van der Waals surface area contributed by atoms with Crippen molar-refractivity contribution in [3.05, 3.63) is 47.8 Å². The predicted octanol–water partition coefficient (Wildman–Crippen LogP) is 4.15. The monoisotopic (exact) mass is 396 g/mol. The average Bonchev–Trinajstić information content (AvgIpc) is 3.10. The molecule has 3 aromatic rings. The van der Waals surface area contributed by atoms with Crippen LogP contribution in [-0.2, 0) is 10.3 Å². The van der Waals surface area contributed by atoms with Gasteiger partial charge in [0.1, 0.15) is 18.2 Å². The number of rotatable bonds is 8. The molecule has 0 aliphatic rings. The van der Waals surface area contributed by atoms with Gasteiger partial charge >= 0.3 is 0 Å². The number of ether oxygens (including phenoxy) is 1. The second kappa shape index (κ2) is 9.00. The highest BCUT2D eigenvalue weighted by molar-refractivity contribution is 5.57. The van der Waals surface area contributed by atoms with Crippen LogP contribution in [0.25, 0.3) is 5.78 Å². The lowest BCUT2D eigenvalue weighted by Gasteiger charge is -2.20. The molecule has 0 spiro atoms. The summed E-state index contributed by atoms with van der Waals surface area (Å²) < 4.78 is 7.77. The minimum absolute atomic E-state index is 0.107. The maximum Gasteiger partial charge on any atom is 0.272 e. The number of fused-ring (bicyclic) bond motifs is 1. The summed E-state index contributed by atoms with van der Waals surface area (Å²) in [5.74, 6) is 1.55. The Morgan fingerprint density at radius 2 is 1.97 bits per heavy atom. The lowest BCUT2D eigenvalue weighted by atomic mass is 9.87. The van der Waals surface area contributed by atoms with Crippen molar-refractivity contribution in [2.75, 3.05) is 6.61 Å². The van der Waals surface area contributed by atoms with Gasteiger partial charge in [0.25, 0.3) is 11.7 Å². The van der Waals surface area contributed by atoms with E-state index in [1.165, 1.54) is 11.9 Å². The second-order valence-electron chi connectivity index (χ2n) is 7.75. The third-order valence-electron chi connectivity index (χ3n) is 4.33. The summed E-state index contributed by atoms with van der Waals surface area (Å²) in [6.07, 6.45) is 3.78. The summed E-state index contributed by atoms with van der Waals surface area (Å²) in [5, 5.41) is 4.41. The zero-order valence-electron chi connectivity index (χ0n) is 17.6. The Balaban J connectivity index is 1.74. The van der Waals surface area contributed by atoms with Gasteiger partial charge in [-0.1, -0.05) is 39.8 Å². The Hall–Kier alpha value is -3.00. The molecule has 2 heterocycles. The van der Waals surface area contributed by atoms with Gasteiger partial charge in [0.05, 0.1) is 12.3 Å². The molecule has 29 heavy (non-hydrogen) atoms. The fraction of sp³-hybridized carbons (Fsp3) is 0.429.